The molecule has 3 heteroatoms. The van der Waals surface area contributed by atoms with Crippen molar-refractivity contribution in [2.24, 2.45) is 0 Å². The number of hydrogen-bond donors (Lipinski definition) is 0. The average molecular weight is 186 g/mol. The van der Waals surface area contributed by atoms with Crippen LogP contribution < -0.4 is 0 Å². The Morgan fingerprint density at radius 3 is 1.54 bits per heavy atom. The molecule has 0 atom stereocenters. The quantitative estimate of drug-likeness (QED) is 0.597. The van der Waals surface area contributed by atoms with Crippen molar-refractivity contribution in [1.29, 1.82) is 0 Å². The summed E-state index contributed by atoms with van der Waals surface area (Å²) in [5, 5.41) is 0. The summed E-state index contributed by atoms with van der Waals surface area (Å²) in [6.45, 7) is 8.69. The van der Waals surface area contributed by atoms with Gasteiger partial charge in [-0.3, -0.25) is 0 Å². The molecule has 0 unspecified atom stereocenters. The van der Waals surface area contributed by atoms with E-state index in [2.05, 4.69) is 0 Å². The van der Waals surface area contributed by atoms with Gasteiger partial charge in [-0.25, -0.2) is 0 Å². The molecular weight excluding hydrogens is 168 g/mol. The van der Waals surface area contributed by atoms with Crippen LogP contribution in [-0.2, 0) is 14.2 Å². The van der Waals surface area contributed by atoms with Gasteiger partial charge in [0.25, 0.3) is 11.9 Å². The SMILES string of the molecule is C/C=C(/OCC)O/C(=C\C)OCC. The van der Waals surface area contributed by atoms with Crippen LogP contribution in [0.3, 0.4) is 0 Å². The highest BCUT2D eigenvalue weighted by atomic mass is 16.7. The first-order valence-electron chi connectivity index (χ1n) is 4.54. The molecule has 0 saturated heterocycles. The lowest BCUT2D eigenvalue weighted by atomic mass is 10.6. The zero-order valence-corrected chi connectivity index (χ0v) is 8.79. The molecule has 0 amide bonds. The van der Waals surface area contributed by atoms with E-state index in [0.29, 0.717) is 25.1 Å². The number of ether oxygens (including phenoxy) is 3. The van der Waals surface area contributed by atoms with Gasteiger partial charge in [0.1, 0.15) is 0 Å². The molecule has 0 aliphatic rings. The summed E-state index contributed by atoms with van der Waals surface area (Å²) in [5.74, 6) is 0.952. The normalized spacial score (nSPS) is 12.6. The fourth-order valence-corrected chi connectivity index (χ4v) is 0.727. The molecule has 0 N–H and O–H groups in total. The van der Waals surface area contributed by atoms with E-state index >= 15 is 0 Å². The van der Waals surface area contributed by atoms with E-state index in [-0.39, 0.29) is 0 Å². The summed E-state index contributed by atoms with van der Waals surface area (Å²) in [6, 6.07) is 0. The van der Waals surface area contributed by atoms with Crippen molar-refractivity contribution in [2.75, 3.05) is 13.2 Å². The van der Waals surface area contributed by atoms with E-state index < -0.39 is 0 Å². The molecule has 0 heterocycles. The Labute approximate surface area is 80.0 Å². The van der Waals surface area contributed by atoms with Crippen LogP contribution in [-0.4, -0.2) is 13.2 Å². The molecule has 76 valence electrons. The molecular formula is C10H18O3. The molecule has 0 fully saturated rings. The summed E-state index contributed by atoms with van der Waals surface area (Å²) in [5.41, 5.74) is 0. The first-order chi connectivity index (χ1) is 6.28. The van der Waals surface area contributed by atoms with Crippen molar-refractivity contribution in [3.05, 3.63) is 24.0 Å². The molecule has 0 bridgehead atoms. The number of hydrogen-bond acceptors (Lipinski definition) is 3. The third kappa shape index (κ3) is 5.17. The fraction of sp³-hybridized carbons (Fsp3) is 0.600. The lowest BCUT2D eigenvalue weighted by Gasteiger charge is -2.12. The standard InChI is InChI=1S/C10H18O3/c1-5-9(11-7-3)13-10(6-2)12-8-4/h5-6H,7-8H2,1-4H3/b9-5-,10-6-. The maximum atomic E-state index is 5.31. The maximum Gasteiger partial charge on any atom is 0.282 e. The van der Waals surface area contributed by atoms with Crippen molar-refractivity contribution < 1.29 is 14.2 Å². The van der Waals surface area contributed by atoms with Crippen LogP contribution in [0.1, 0.15) is 27.7 Å². The van der Waals surface area contributed by atoms with Crippen LogP contribution in [0.5, 0.6) is 0 Å². The largest absolute Gasteiger partial charge is 0.466 e. The molecule has 0 aromatic rings. The first-order valence-corrected chi connectivity index (χ1v) is 4.54. The molecule has 0 aromatic carbocycles. The van der Waals surface area contributed by atoms with E-state index in [1.54, 1.807) is 12.2 Å². The Kier molecular flexibility index (Phi) is 6.88. The van der Waals surface area contributed by atoms with E-state index in [9.17, 15) is 0 Å². The Hall–Kier alpha value is -1.12. The van der Waals surface area contributed by atoms with Gasteiger partial charge in [-0.05, 0) is 39.8 Å². The fourth-order valence-electron chi connectivity index (χ4n) is 0.727. The van der Waals surface area contributed by atoms with Crippen molar-refractivity contribution in [3.8, 4) is 0 Å². The number of rotatable bonds is 6. The number of allylic oxidation sites excluding steroid dienone is 2. The Bertz CT molecular complexity index is 163. The zero-order valence-electron chi connectivity index (χ0n) is 8.79. The van der Waals surface area contributed by atoms with Gasteiger partial charge in [0.2, 0.25) is 0 Å². The Balaban J connectivity index is 4.05. The summed E-state index contributed by atoms with van der Waals surface area (Å²) < 4.78 is 15.7. The maximum absolute atomic E-state index is 5.31. The highest BCUT2D eigenvalue weighted by molar-refractivity contribution is 4.89. The second-order valence-corrected chi connectivity index (χ2v) is 2.18. The Morgan fingerprint density at radius 2 is 1.31 bits per heavy atom. The van der Waals surface area contributed by atoms with E-state index in [1.165, 1.54) is 0 Å². The van der Waals surface area contributed by atoms with Crippen LogP contribution >= 0.6 is 0 Å². The van der Waals surface area contributed by atoms with E-state index in [0.717, 1.165) is 0 Å². The minimum Gasteiger partial charge on any atom is -0.466 e. The molecule has 0 saturated carbocycles. The molecule has 0 aromatic heterocycles. The highest BCUT2D eigenvalue weighted by Crippen LogP contribution is 2.08. The molecule has 3 nitrogen and oxygen atoms in total. The second kappa shape index (κ2) is 7.53. The van der Waals surface area contributed by atoms with Gasteiger partial charge in [0, 0.05) is 0 Å². The van der Waals surface area contributed by atoms with Crippen LogP contribution in [0.25, 0.3) is 0 Å². The predicted molar refractivity (Wildman–Crippen MR) is 51.9 cm³/mol. The molecule has 0 aliphatic carbocycles. The predicted octanol–water partition coefficient (Wildman–Crippen LogP) is 2.80. The monoisotopic (exact) mass is 186 g/mol. The van der Waals surface area contributed by atoms with Crippen molar-refractivity contribution >= 4 is 0 Å². The topological polar surface area (TPSA) is 27.7 Å². The van der Waals surface area contributed by atoms with E-state index in [1.807, 2.05) is 27.7 Å². The third-order valence-corrected chi connectivity index (χ3v) is 1.25. The van der Waals surface area contributed by atoms with Gasteiger partial charge in [0.15, 0.2) is 0 Å². The molecule has 0 rings (SSSR count). The van der Waals surface area contributed by atoms with Crippen LogP contribution in [0, 0.1) is 0 Å². The summed E-state index contributed by atoms with van der Waals surface area (Å²) in [6.07, 6.45) is 3.51. The van der Waals surface area contributed by atoms with Crippen LogP contribution in [0.15, 0.2) is 24.0 Å². The van der Waals surface area contributed by atoms with Crippen molar-refractivity contribution in [3.63, 3.8) is 0 Å². The average Bonchev–Trinajstić information content (AvgIpc) is 2.16. The zero-order chi connectivity index (χ0) is 10.1. The molecule has 13 heavy (non-hydrogen) atoms. The Morgan fingerprint density at radius 1 is 0.923 bits per heavy atom. The van der Waals surface area contributed by atoms with Gasteiger partial charge >= 0.3 is 0 Å². The lowest BCUT2D eigenvalue weighted by Crippen LogP contribution is -2.01. The van der Waals surface area contributed by atoms with Crippen molar-refractivity contribution in [1.82, 2.24) is 0 Å². The van der Waals surface area contributed by atoms with Gasteiger partial charge in [0.05, 0.1) is 13.2 Å². The minimum absolute atomic E-state index is 0.476. The summed E-state index contributed by atoms with van der Waals surface area (Å²) in [4.78, 5) is 0. The summed E-state index contributed by atoms with van der Waals surface area (Å²) >= 11 is 0. The van der Waals surface area contributed by atoms with E-state index in [4.69, 9.17) is 14.2 Å². The second-order valence-electron chi connectivity index (χ2n) is 2.18. The molecule has 0 spiro atoms. The highest BCUT2D eigenvalue weighted by Gasteiger charge is 2.01. The van der Waals surface area contributed by atoms with Gasteiger partial charge < -0.3 is 14.2 Å². The van der Waals surface area contributed by atoms with Gasteiger partial charge in [-0.15, -0.1) is 0 Å². The lowest BCUT2D eigenvalue weighted by molar-refractivity contribution is 0.000166. The smallest absolute Gasteiger partial charge is 0.282 e. The molecule has 0 aliphatic heterocycles. The van der Waals surface area contributed by atoms with Crippen molar-refractivity contribution in [2.45, 2.75) is 27.7 Å². The van der Waals surface area contributed by atoms with Crippen LogP contribution in [0.4, 0.5) is 0 Å². The van der Waals surface area contributed by atoms with Gasteiger partial charge in [-0.2, -0.15) is 0 Å². The first kappa shape index (κ1) is 11.9. The molecule has 0 radical (unpaired) electrons. The van der Waals surface area contributed by atoms with Crippen LogP contribution in [0.2, 0.25) is 0 Å². The summed E-state index contributed by atoms with van der Waals surface area (Å²) in [7, 11) is 0. The van der Waals surface area contributed by atoms with Gasteiger partial charge in [-0.1, -0.05) is 0 Å². The minimum atomic E-state index is 0.476. The third-order valence-electron chi connectivity index (χ3n) is 1.25.